The number of methoxy groups -OCH3 is 1. The minimum atomic E-state index is 0.0602. The number of ether oxygens (including phenoxy) is 1. The Balaban J connectivity index is 1.91. The van der Waals surface area contributed by atoms with E-state index in [1.54, 1.807) is 7.11 Å². The third-order valence-electron chi connectivity index (χ3n) is 3.62. The summed E-state index contributed by atoms with van der Waals surface area (Å²) in [6.45, 7) is 1.83. The topological polar surface area (TPSA) is 79.9 Å². The van der Waals surface area contributed by atoms with Gasteiger partial charge in [-0.2, -0.15) is 11.8 Å². The second-order valence-corrected chi connectivity index (χ2v) is 6.55. The second kappa shape index (κ2) is 8.14. The Bertz CT molecular complexity index is 488. The van der Waals surface area contributed by atoms with Crippen molar-refractivity contribution < 1.29 is 9.94 Å². The molecule has 0 aliphatic carbocycles. The molecule has 0 saturated carbocycles. The van der Waals surface area contributed by atoms with Gasteiger partial charge in [0.05, 0.1) is 12.7 Å². The van der Waals surface area contributed by atoms with Crippen LogP contribution in [0.4, 0.5) is 0 Å². The Morgan fingerprint density at radius 1 is 1.52 bits per heavy atom. The van der Waals surface area contributed by atoms with Crippen LogP contribution in [-0.2, 0) is 6.54 Å². The van der Waals surface area contributed by atoms with E-state index < -0.39 is 0 Å². The molecule has 0 bridgehead atoms. The average Bonchev–Trinajstić information content (AvgIpc) is 2.55. The summed E-state index contributed by atoms with van der Waals surface area (Å²) in [7, 11) is 1.58. The first-order valence-corrected chi connectivity index (χ1v) is 8.26. The number of nitrogens with one attached hydrogen (secondary N) is 1. The SMILES string of the molecule is COc1cc(CNCC2CCCCS2)ccc1/C(N)=N/O. The molecule has 1 fully saturated rings. The molecular formula is C15H23N3O2S. The lowest BCUT2D eigenvalue weighted by Crippen LogP contribution is -2.26. The van der Waals surface area contributed by atoms with Gasteiger partial charge in [0.2, 0.25) is 0 Å². The number of amidine groups is 1. The predicted molar refractivity (Wildman–Crippen MR) is 87.3 cm³/mol. The molecule has 1 aliphatic rings. The lowest BCUT2D eigenvalue weighted by atomic mass is 10.1. The van der Waals surface area contributed by atoms with Gasteiger partial charge in [-0.1, -0.05) is 17.6 Å². The zero-order chi connectivity index (χ0) is 15.1. The van der Waals surface area contributed by atoms with E-state index in [-0.39, 0.29) is 5.84 Å². The first-order valence-electron chi connectivity index (χ1n) is 7.21. The number of hydrogen-bond donors (Lipinski definition) is 3. The fourth-order valence-electron chi connectivity index (χ4n) is 2.46. The molecule has 0 amide bonds. The van der Waals surface area contributed by atoms with E-state index in [0.717, 1.165) is 23.9 Å². The number of nitrogens with two attached hydrogens (primary N) is 1. The molecule has 0 spiro atoms. The first kappa shape index (κ1) is 16.0. The molecule has 21 heavy (non-hydrogen) atoms. The summed E-state index contributed by atoms with van der Waals surface area (Å²) in [5.41, 5.74) is 7.35. The number of rotatable bonds is 6. The highest BCUT2D eigenvalue weighted by molar-refractivity contribution is 7.99. The van der Waals surface area contributed by atoms with Crippen LogP contribution in [0.2, 0.25) is 0 Å². The molecule has 116 valence electrons. The Hall–Kier alpha value is -1.40. The van der Waals surface area contributed by atoms with Gasteiger partial charge in [-0.3, -0.25) is 0 Å². The van der Waals surface area contributed by atoms with Crippen LogP contribution in [0.15, 0.2) is 23.4 Å². The van der Waals surface area contributed by atoms with Crippen LogP contribution in [0.5, 0.6) is 5.75 Å². The number of oxime groups is 1. The molecule has 0 aromatic heterocycles. The van der Waals surface area contributed by atoms with Crippen molar-refractivity contribution in [3.05, 3.63) is 29.3 Å². The van der Waals surface area contributed by atoms with E-state index in [1.807, 2.05) is 18.2 Å². The molecule has 1 heterocycles. The van der Waals surface area contributed by atoms with Gasteiger partial charge < -0.3 is 21.0 Å². The molecule has 1 atom stereocenters. The predicted octanol–water partition coefficient (Wildman–Crippen LogP) is 2.17. The first-order chi connectivity index (χ1) is 10.2. The molecule has 6 heteroatoms. The quantitative estimate of drug-likeness (QED) is 0.325. The summed E-state index contributed by atoms with van der Waals surface area (Å²) >= 11 is 2.07. The van der Waals surface area contributed by atoms with Crippen molar-refractivity contribution in [1.29, 1.82) is 0 Å². The maximum atomic E-state index is 8.76. The summed E-state index contributed by atoms with van der Waals surface area (Å²) in [6, 6.07) is 5.71. The molecule has 5 nitrogen and oxygen atoms in total. The summed E-state index contributed by atoms with van der Waals surface area (Å²) in [4.78, 5) is 0. The number of thioether (sulfide) groups is 1. The highest BCUT2D eigenvalue weighted by atomic mass is 32.2. The van der Waals surface area contributed by atoms with E-state index in [1.165, 1.54) is 25.0 Å². The van der Waals surface area contributed by atoms with Gasteiger partial charge in [0.25, 0.3) is 0 Å². The Labute approximate surface area is 129 Å². The molecule has 2 rings (SSSR count). The minimum absolute atomic E-state index is 0.0602. The number of hydrogen-bond acceptors (Lipinski definition) is 5. The number of nitrogens with zero attached hydrogens (tertiary/aromatic N) is 1. The molecule has 1 saturated heterocycles. The van der Waals surface area contributed by atoms with Crippen molar-refractivity contribution in [2.24, 2.45) is 10.9 Å². The fraction of sp³-hybridized carbons (Fsp3) is 0.533. The number of benzene rings is 1. The standard InChI is InChI=1S/C15H23N3O2S/c1-20-14-8-11(5-6-13(14)15(16)18-19)9-17-10-12-4-2-3-7-21-12/h5-6,8,12,17,19H,2-4,7,9-10H2,1H3,(H2,16,18). The summed E-state index contributed by atoms with van der Waals surface area (Å²) in [6.07, 6.45) is 4.01. The highest BCUT2D eigenvalue weighted by Gasteiger charge is 2.13. The maximum Gasteiger partial charge on any atom is 0.173 e. The van der Waals surface area contributed by atoms with Crippen LogP contribution >= 0.6 is 11.8 Å². The largest absolute Gasteiger partial charge is 0.496 e. The van der Waals surface area contributed by atoms with Gasteiger partial charge in [0, 0.05) is 18.3 Å². The Morgan fingerprint density at radius 2 is 2.38 bits per heavy atom. The summed E-state index contributed by atoms with van der Waals surface area (Å²) in [5.74, 6) is 1.97. The molecule has 1 aromatic rings. The molecule has 0 radical (unpaired) electrons. The van der Waals surface area contributed by atoms with Crippen LogP contribution in [-0.4, -0.2) is 35.7 Å². The van der Waals surface area contributed by atoms with Crippen molar-refractivity contribution in [1.82, 2.24) is 5.32 Å². The lowest BCUT2D eigenvalue weighted by Gasteiger charge is -2.21. The van der Waals surface area contributed by atoms with Gasteiger partial charge in [-0.05, 0) is 36.3 Å². The average molecular weight is 309 g/mol. The van der Waals surface area contributed by atoms with Gasteiger partial charge in [0.1, 0.15) is 5.75 Å². The van der Waals surface area contributed by atoms with Gasteiger partial charge in [-0.15, -0.1) is 0 Å². The minimum Gasteiger partial charge on any atom is -0.496 e. The second-order valence-electron chi connectivity index (χ2n) is 5.14. The van der Waals surface area contributed by atoms with Crippen LogP contribution < -0.4 is 15.8 Å². The van der Waals surface area contributed by atoms with Crippen molar-refractivity contribution in [2.45, 2.75) is 31.1 Å². The van der Waals surface area contributed by atoms with Crippen molar-refractivity contribution >= 4 is 17.6 Å². The van der Waals surface area contributed by atoms with E-state index >= 15 is 0 Å². The smallest absolute Gasteiger partial charge is 0.173 e. The third kappa shape index (κ3) is 4.54. The normalized spacial score (nSPS) is 19.5. The van der Waals surface area contributed by atoms with Crippen molar-refractivity contribution in [3.63, 3.8) is 0 Å². The van der Waals surface area contributed by atoms with Crippen molar-refractivity contribution in [3.8, 4) is 5.75 Å². The van der Waals surface area contributed by atoms with Crippen LogP contribution in [0.3, 0.4) is 0 Å². The van der Waals surface area contributed by atoms with Crippen molar-refractivity contribution in [2.75, 3.05) is 19.4 Å². The third-order valence-corrected chi connectivity index (χ3v) is 5.02. The zero-order valence-corrected chi connectivity index (χ0v) is 13.2. The van der Waals surface area contributed by atoms with Gasteiger partial charge in [-0.25, -0.2) is 0 Å². The van der Waals surface area contributed by atoms with Gasteiger partial charge in [0.15, 0.2) is 5.84 Å². The lowest BCUT2D eigenvalue weighted by molar-refractivity contribution is 0.318. The fourth-order valence-corrected chi connectivity index (χ4v) is 3.73. The molecule has 1 unspecified atom stereocenters. The maximum absolute atomic E-state index is 8.76. The summed E-state index contributed by atoms with van der Waals surface area (Å²) < 4.78 is 5.30. The monoisotopic (exact) mass is 309 g/mol. The highest BCUT2D eigenvalue weighted by Crippen LogP contribution is 2.24. The van der Waals surface area contributed by atoms with Crippen LogP contribution in [0.1, 0.15) is 30.4 Å². The van der Waals surface area contributed by atoms with E-state index in [4.69, 9.17) is 15.7 Å². The van der Waals surface area contributed by atoms with Crippen LogP contribution in [0.25, 0.3) is 0 Å². The molecule has 1 aromatic carbocycles. The van der Waals surface area contributed by atoms with E-state index in [0.29, 0.717) is 11.3 Å². The molecular weight excluding hydrogens is 286 g/mol. The zero-order valence-electron chi connectivity index (χ0n) is 12.3. The van der Waals surface area contributed by atoms with E-state index in [2.05, 4.69) is 22.2 Å². The molecule has 1 aliphatic heterocycles. The molecule has 4 N–H and O–H groups in total. The van der Waals surface area contributed by atoms with E-state index in [9.17, 15) is 0 Å². The van der Waals surface area contributed by atoms with Gasteiger partial charge >= 0.3 is 0 Å². The Morgan fingerprint density at radius 3 is 3.05 bits per heavy atom. The van der Waals surface area contributed by atoms with Crippen LogP contribution in [0, 0.1) is 0 Å². The Kier molecular flexibility index (Phi) is 6.20. The summed E-state index contributed by atoms with van der Waals surface area (Å²) in [5, 5.41) is 16.0.